The molecule has 4 aromatic rings. The minimum Gasteiger partial charge on any atom is -0.503 e. The van der Waals surface area contributed by atoms with E-state index >= 15 is 0 Å². The number of H-pyrrole nitrogens is 1. The van der Waals surface area contributed by atoms with Crippen molar-refractivity contribution in [3.8, 4) is 17.2 Å². The molecule has 37 heavy (non-hydrogen) atoms. The summed E-state index contributed by atoms with van der Waals surface area (Å²) in [5.74, 6) is -0.109. The number of nitrogens with zero attached hydrogens (tertiary/aromatic N) is 1. The van der Waals surface area contributed by atoms with Gasteiger partial charge in [-0.3, -0.25) is 9.59 Å². The number of ketones is 1. The fraction of sp³-hybridized carbons (Fsp3) is 0.214. The lowest BCUT2D eigenvalue weighted by Crippen LogP contribution is -2.33. The summed E-state index contributed by atoms with van der Waals surface area (Å²) in [6, 6.07) is 13.0. The molecular weight excluding hydrogens is 476 g/mol. The summed E-state index contributed by atoms with van der Waals surface area (Å²) in [4.78, 5) is 31.5. The number of Topliss-reactive ketones (excluding diaryl/α,β-unsaturated/α-hetero) is 1. The first kappa shape index (κ1) is 24.1. The second-order valence-corrected chi connectivity index (χ2v) is 8.55. The molecule has 0 unspecified atom stereocenters. The summed E-state index contributed by atoms with van der Waals surface area (Å²) in [7, 11) is 4.64. The maximum absolute atomic E-state index is 13.4. The third-order valence-electron chi connectivity index (χ3n) is 6.63. The molecule has 0 radical (unpaired) electrons. The smallest absolute Gasteiger partial charge is 0.290 e. The highest BCUT2D eigenvalue weighted by Gasteiger charge is 2.45. The van der Waals surface area contributed by atoms with Crippen LogP contribution in [-0.2, 0) is 11.2 Å². The lowest BCUT2D eigenvalue weighted by Gasteiger charge is -2.28. The molecule has 1 aliphatic rings. The van der Waals surface area contributed by atoms with Crippen molar-refractivity contribution in [2.45, 2.75) is 12.5 Å². The van der Waals surface area contributed by atoms with Crippen LogP contribution in [0.2, 0.25) is 0 Å². The van der Waals surface area contributed by atoms with Crippen molar-refractivity contribution in [3.63, 3.8) is 0 Å². The van der Waals surface area contributed by atoms with Gasteiger partial charge in [0, 0.05) is 35.3 Å². The Kier molecular flexibility index (Phi) is 6.35. The van der Waals surface area contributed by atoms with E-state index in [-0.39, 0.29) is 17.9 Å². The fourth-order valence-corrected chi connectivity index (χ4v) is 4.76. The Hall–Kier alpha value is -4.66. The van der Waals surface area contributed by atoms with E-state index in [0.29, 0.717) is 23.5 Å². The van der Waals surface area contributed by atoms with Gasteiger partial charge in [0.25, 0.3) is 5.91 Å². The van der Waals surface area contributed by atoms with Gasteiger partial charge in [-0.05, 0) is 54.4 Å². The SMILES string of the molecule is COc1ccc([C@@H]2C(C(=O)c3ccco3)=C(O)C(=O)N2CCc2c[nH]c3ccc(OC)cc23)c(OC)c1. The summed E-state index contributed by atoms with van der Waals surface area (Å²) in [6.45, 7) is 0.224. The molecule has 9 nitrogen and oxygen atoms in total. The monoisotopic (exact) mass is 502 g/mol. The van der Waals surface area contributed by atoms with Gasteiger partial charge in [0.2, 0.25) is 5.78 Å². The first-order valence-electron chi connectivity index (χ1n) is 11.6. The number of fused-ring (bicyclic) bond motifs is 1. The standard InChI is InChI=1S/C28H26N2O7/c1-34-17-7-9-21-20(13-17)16(15-29-21)10-11-30-25(19-8-6-18(35-2)14-23(19)36-3)24(27(32)28(30)33)26(31)22-5-4-12-37-22/h4-9,12-15,25,29,32H,10-11H2,1-3H3/t25-/m1/s1. The largest absolute Gasteiger partial charge is 0.503 e. The number of aliphatic hydroxyl groups is 1. The molecule has 1 atom stereocenters. The van der Waals surface area contributed by atoms with Crippen molar-refractivity contribution in [2.24, 2.45) is 0 Å². The number of carbonyl (C=O) groups is 2. The summed E-state index contributed by atoms with van der Waals surface area (Å²) in [5, 5.41) is 11.9. The molecule has 0 aliphatic carbocycles. The molecule has 0 spiro atoms. The van der Waals surface area contributed by atoms with Gasteiger partial charge in [-0.25, -0.2) is 0 Å². The zero-order valence-electron chi connectivity index (χ0n) is 20.6. The van der Waals surface area contributed by atoms with Gasteiger partial charge in [-0.2, -0.15) is 0 Å². The fourth-order valence-electron chi connectivity index (χ4n) is 4.76. The van der Waals surface area contributed by atoms with E-state index in [4.69, 9.17) is 18.6 Å². The molecule has 9 heteroatoms. The number of hydrogen-bond donors (Lipinski definition) is 2. The van der Waals surface area contributed by atoms with E-state index in [1.165, 1.54) is 31.4 Å². The van der Waals surface area contributed by atoms with Crippen LogP contribution in [0.25, 0.3) is 10.9 Å². The Morgan fingerprint density at radius 2 is 1.81 bits per heavy atom. The van der Waals surface area contributed by atoms with Crippen LogP contribution in [0.1, 0.15) is 27.7 Å². The van der Waals surface area contributed by atoms with Crippen LogP contribution < -0.4 is 14.2 Å². The number of benzene rings is 2. The highest BCUT2D eigenvalue weighted by atomic mass is 16.5. The first-order chi connectivity index (χ1) is 18.0. The Balaban J connectivity index is 1.55. The third kappa shape index (κ3) is 4.18. The van der Waals surface area contributed by atoms with Crippen molar-refractivity contribution in [2.75, 3.05) is 27.9 Å². The molecule has 3 heterocycles. The Morgan fingerprint density at radius 3 is 2.51 bits per heavy atom. The van der Waals surface area contributed by atoms with E-state index in [9.17, 15) is 14.7 Å². The van der Waals surface area contributed by atoms with Gasteiger partial charge < -0.3 is 33.6 Å². The molecule has 0 saturated carbocycles. The Morgan fingerprint density at radius 1 is 1.05 bits per heavy atom. The molecule has 0 bridgehead atoms. The highest BCUT2D eigenvalue weighted by molar-refractivity contribution is 6.15. The summed E-state index contributed by atoms with van der Waals surface area (Å²) < 4.78 is 21.6. The number of methoxy groups -OCH3 is 3. The molecule has 2 aromatic heterocycles. The van der Waals surface area contributed by atoms with Crippen LogP contribution >= 0.6 is 0 Å². The van der Waals surface area contributed by atoms with Gasteiger partial charge in [-0.15, -0.1) is 0 Å². The van der Waals surface area contributed by atoms with Crippen LogP contribution in [0, 0.1) is 0 Å². The molecule has 2 N–H and O–H groups in total. The van der Waals surface area contributed by atoms with Crippen LogP contribution in [0.3, 0.4) is 0 Å². The number of aromatic amines is 1. The third-order valence-corrected chi connectivity index (χ3v) is 6.63. The molecule has 5 rings (SSSR count). The van der Waals surface area contributed by atoms with Gasteiger partial charge in [0.1, 0.15) is 17.2 Å². The van der Waals surface area contributed by atoms with Gasteiger partial charge in [-0.1, -0.05) is 0 Å². The normalized spacial score (nSPS) is 15.5. The van der Waals surface area contributed by atoms with Gasteiger partial charge in [0.05, 0.1) is 39.2 Å². The zero-order chi connectivity index (χ0) is 26.1. The number of aromatic nitrogens is 1. The highest BCUT2D eigenvalue weighted by Crippen LogP contribution is 2.43. The summed E-state index contributed by atoms with van der Waals surface area (Å²) in [6.07, 6.45) is 3.72. The van der Waals surface area contributed by atoms with Crippen LogP contribution in [0.15, 0.2) is 76.7 Å². The van der Waals surface area contributed by atoms with Crippen molar-refractivity contribution in [1.82, 2.24) is 9.88 Å². The van der Waals surface area contributed by atoms with Crippen LogP contribution in [-0.4, -0.2) is 54.6 Å². The molecular formula is C28H26N2O7. The predicted octanol–water partition coefficient (Wildman–Crippen LogP) is 4.61. The van der Waals surface area contributed by atoms with Crippen molar-refractivity contribution in [3.05, 3.63) is 89.2 Å². The quantitative estimate of drug-likeness (QED) is 0.321. The Bertz CT molecular complexity index is 1500. The number of aliphatic hydroxyl groups excluding tert-OH is 1. The lowest BCUT2D eigenvalue weighted by molar-refractivity contribution is -0.129. The van der Waals surface area contributed by atoms with E-state index < -0.39 is 23.5 Å². The van der Waals surface area contributed by atoms with Crippen molar-refractivity contribution < 1.29 is 33.3 Å². The maximum Gasteiger partial charge on any atom is 0.290 e. The van der Waals surface area contributed by atoms with Gasteiger partial charge >= 0.3 is 0 Å². The molecule has 1 aliphatic heterocycles. The minimum absolute atomic E-state index is 0.0254. The summed E-state index contributed by atoms with van der Waals surface area (Å²) in [5.41, 5.74) is 2.37. The molecule has 0 fully saturated rings. The topological polar surface area (TPSA) is 114 Å². The first-order valence-corrected chi connectivity index (χ1v) is 11.6. The van der Waals surface area contributed by atoms with Crippen molar-refractivity contribution >= 4 is 22.6 Å². The number of rotatable bonds is 9. The minimum atomic E-state index is -0.898. The lowest BCUT2D eigenvalue weighted by atomic mass is 9.94. The van der Waals surface area contributed by atoms with Crippen LogP contribution in [0.5, 0.6) is 17.2 Å². The second kappa shape index (κ2) is 9.77. The number of ether oxygens (including phenoxy) is 3. The Labute approximate surface area is 212 Å². The van der Waals surface area contributed by atoms with E-state index in [2.05, 4.69) is 4.98 Å². The number of amides is 1. The zero-order valence-corrected chi connectivity index (χ0v) is 20.6. The predicted molar refractivity (Wildman–Crippen MR) is 135 cm³/mol. The average Bonchev–Trinajstić information content (AvgIpc) is 3.66. The molecule has 1 amide bonds. The molecule has 2 aromatic carbocycles. The summed E-state index contributed by atoms with van der Waals surface area (Å²) >= 11 is 0. The second-order valence-electron chi connectivity index (χ2n) is 8.55. The maximum atomic E-state index is 13.4. The number of furan rings is 1. The number of hydrogen-bond acceptors (Lipinski definition) is 7. The number of nitrogens with one attached hydrogen (secondary N) is 1. The van der Waals surface area contributed by atoms with Crippen LogP contribution in [0.4, 0.5) is 0 Å². The van der Waals surface area contributed by atoms with Crippen molar-refractivity contribution in [1.29, 1.82) is 0 Å². The number of carbonyl (C=O) groups excluding carboxylic acids is 2. The molecule has 190 valence electrons. The van der Waals surface area contributed by atoms with Gasteiger partial charge in [0.15, 0.2) is 11.5 Å². The van der Waals surface area contributed by atoms with E-state index in [1.54, 1.807) is 31.4 Å². The molecule has 0 saturated heterocycles. The average molecular weight is 503 g/mol. The van der Waals surface area contributed by atoms with E-state index in [0.717, 1.165) is 22.2 Å². The van der Waals surface area contributed by atoms with E-state index in [1.807, 2.05) is 24.4 Å².